The van der Waals surface area contributed by atoms with E-state index in [-0.39, 0.29) is 0 Å². The van der Waals surface area contributed by atoms with Crippen molar-refractivity contribution >= 4 is 61.5 Å². The lowest BCUT2D eigenvalue weighted by atomic mass is 10.1. The molecule has 0 N–H and O–H groups in total. The van der Waals surface area contributed by atoms with Gasteiger partial charge < -0.3 is 14.0 Å². The standard InChI is InChI=1S/C38H25N3S/c1-2-11-27(12-3-1)41-32-16-5-4-15-30(32)31-22-21-26-23-24-39(37(26)38(31)41)28-13-10-14-29(25-28)40-33-17-6-8-19-35(33)42-36-20-9-7-18-34(36)40/h1-25H. The van der Waals surface area contributed by atoms with Crippen LogP contribution >= 0.6 is 11.8 Å². The molecule has 4 heteroatoms. The Hall–Kier alpha value is -5.19. The lowest BCUT2D eigenvalue weighted by Gasteiger charge is -2.33. The minimum absolute atomic E-state index is 1.13. The molecule has 3 nitrogen and oxygen atoms in total. The zero-order valence-corrected chi connectivity index (χ0v) is 23.5. The molecule has 2 aromatic heterocycles. The molecule has 42 heavy (non-hydrogen) atoms. The average Bonchev–Trinajstić information content (AvgIpc) is 3.63. The second kappa shape index (κ2) is 9.16. The predicted molar refractivity (Wildman–Crippen MR) is 176 cm³/mol. The van der Waals surface area contributed by atoms with Crippen molar-refractivity contribution in [2.45, 2.75) is 9.79 Å². The molecule has 0 saturated heterocycles. The van der Waals surface area contributed by atoms with Gasteiger partial charge >= 0.3 is 0 Å². The number of nitrogens with zero attached hydrogens (tertiary/aromatic N) is 3. The molecule has 0 unspecified atom stereocenters. The van der Waals surface area contributed by atoms with Crippen LogP contribution in [0.5, 0.6) is 0 Å². The molecule has 0 spiro atoms. The van der Waals surface area contributed by atoms with Crippen molar-refractivity contribution in [2.75, 3.05) is 4.90 Å². The second-order valence-electron chi connectivity index (χ2n) is 10.7. The van der Waals surface area contributed by atoms with Crippen LogP contribution in [-0.4, -0.2) is 9.13 Å². The normalized spacial score (nSPS) is 12.6. The van der Waals surface area contributed by atoms with Gasteiger partial charge in [-0.25, -0.2) is 0 Å². The van der Waals surface area contributed by atoms with E-state index in [1.54, 1.807) is 0 Å². The Morgan fingerprint density at radius 1 is 0.452 bits per heavy atom. The van der Waals surface area contributed by atoms with Gasteiger partial charge in [-0.05, 0) is 66.7 Å². The van der Waals surface area contributed by atoms with E-state index < -0.39 is 0 Å². The topological polar surface area (TPSA) is 13.1 Å². The third kappa shape index (κ3) is 3.42. The number of benzene rings is 6. The van der Waals surface area contributed by atoms with Crippen LogP contribution in [0.2, 0.25) is 0 Å². The number of aromatic nitrogens is 2. The highest BCUT2D eigenvalue weighted by Gasteiger charge is 2.25. The second-order valence-corrected chi connectivity index (χ2v) is 11.7. The predicted octanol–water partition coefficient (Wildman–Crippen LogP) is 10.7. The van der Waals surface area contributed by atoms with Gasteiger partial charge in [0, 0.05) is 49.2 Å². The summed E-state index contributed by atoms with van der Waals surface area (Å²) >= 11 is 1.84. The monoisotopic (exact) mass is 555 g/mol. The molecule has 198 valence electrons. The Morgan fingerprint density at radius 3 is 1.93 bits per heavy atom. The van der Waals surface area contributed by atoms with E-state index in [1.807, 2.05) is 11.8 Å². The molecule has 0 saturated carbocycles. The van der Waals surface area contributed by atoms with Crippen molar-refractivity contribution in [3.8, 4) is 11.4 Å². The van der Waals surface area contributed by atoms with Gasteiger partial charge in [0.15, 0.2) is 0 Å². The van der Waals surface area contributed by atoms with E-state index in [2.05, 4.69) is 166 Å². The summed E-state index contributed by atoms with van der Waals surface area (Å²) in [5.41, 5.74) is 9.51. The highest BCUT2D eigenvalue weighted by atomic mass is 32.2. The molecule has 1 aliphatic heterocycles. The van der Waals surface area contributed by atoms with Crippen molar-refractivity contribution in [1.29, 1.82) is 0 Å². The highest BCUT2D eigenvalue weighted by Crippen LogP contribution is 2.51. The highest BCUT2D eigenvalue weighted by molar-refractivity contribution is 7.99. The number of rotatable bonds is 3. The first-order valence-corrected chi connectivity index (χ1v) is 15.0. The Labute approximate surface area is 247 Å². The number of anilines is 3. The first-order chi connectivity index (χ1) is 20.8. The van der Waals surface area contributed by atoms with Gasteiger partial charge in [0.2, 0.25) is 0 Å². The van der Waals surface area contributed by atoms with Gasteiger partial charge in [0.1, 0.15) is 0 Å². The summed E-state index contributed by atoms with van der Waals surface area (Å²) < 4.78 is 4.78. The first kappa shape index (κ1) is 23.5. The van der Waals surface area contributed by atoms with Gasteiger partial charge in [-0.1, -0.05) is 90.6 Å². The van der Waals surface area contributed by atoms with Crippen molar-refractivity contribution in [3.63, 3.8) is 0 Å². The number of hydrogen-bond acceptors (Lipinski definition) is 2. The molecule has 8 aromatic rings. The molecule has 0 amide bonds. The summed E-state index contributed by atoms with van der Waals surface area (Å²) in [6.45, 7) is 0. The van der Waals surface area contributed by atoms with Crippen LogP contribution in [0.4, 0.5) is 17.1 Å². The van der Waals surface area contributed by atoms with Crippen LogP contribution in [-0.2, 0) is 0 Å². The number of hydrogen-bond donors (Lipinski definition) is 0. The van der Waals surface area contributed by atoms with Crippen molar-refractivity contribution in [2.24, 2.45) is 0 Å². The number of fused-ring (bicyclic) bond motifs is 7. The lowest BCUT2D eigenvalue weighted by Crippen LogP contribution is -2.14. The minimum Gasteiger partial charge on any atom is -0.315 e. The van der Waals surface area contributed by atoms with E-state index in [0.29, 0.717) is 0 Å². The lowest BCUT2D eigenvalue weighted by molar-refractivity contribution is 1.10. The third-order valence-corrected chi connectivity index (χ3v) is 9.43. The van der Waals surface area contributed by atoms with Crippen LogP contribution in [0.1, 0.15) is 0 Å². The van der Waals surface area contributed by atoms with E-state index in [4.69, 9.17) is 0 Å². The summed E-state index contributed by atoms with van der Waals surface area (Å²) in [5, 5.41) is 3.74. The van der Waals surface area contributed by atoms with Crippen molar-refractivity contribution in [3.05, 3.63) is 152 Å². The van der Waals surface area contributed by atoms with E-state index in [1.165, 1.54) is 53.9 Å². The van der Waals surface area contributed by atoms with Crippen LogP contribution in [0.3, 0.4) is 0 Å². The molecule has 9 rings (SSSR count). The maximum absolute atomic E-state index is 2.42. The largest absolute Gasteiger partial charge is 0.315 e. The summed E-state index contributed by atoms with van der Waals surface area (Å²) in [6.07, 6.45) is 2.21. The first-order valence-electron chi connectivity index (χ1n) is 14.2. The molecule has 0 bridgehead atoms. The summed E-state index contributed by atoms with van der Waals surface area (Å²) in [7, 11) is 0. The molecule has 1 aliphatic rings. The average molecular weight is 556 g/mol. The van der Waals surface area contributed by atoms with E-state index >= 15 is 0 Å². The SMILES string of the molecule is c1ccc(-n2c3ccccc3c3ccc4ccn(-c5cccc(N6c7ccccc7Sc7ccccc76)c5)c4c32)cc1. The molecule has 0 fully saturated rings. The van der Waals surface area contributed by atoms with Gasteiger partial charge in [-0.3, -0.25) is 0 Å². The quantitative estimate of drug-likeness (QED) is 0.215. The fourth-order valence-corrected chi connectivity index (χ4v) is 7.56. The summed E-state index contributed by atoms with van der Waals surface area (Å²) in [6, 6.07) is 52.5. The molecular weight excluding hydrogens is 531 g/mol. The van der Waals surface area contributed by atoms with E-state index in [9.17, 15) is 0 Å². The van der Waals surface area contributed by atoms with Crippen LogP contribution in [0.25, 0.3) is 44.1 Å². The Kier molecular flexibility index (Phi) is 5.13. The molecule has 0 atom stereocenters. The fraction of sp³-hybridized carbons (Fsp3) is 0. The van der Waals surface area contributed by atoms with Gasteiger partial charge in [-0.15, -0.1) is 0 Å². The molecule has 0 radical (unpaired) electrons. The number of para-hydroxylation sites is 4. The summed E-state index contributed by atoms with van der Waals surface area (Å²) in [5.74, 6) is 0. The van der Waals surface area contributed by atoms with Crippen molar-refractivity contribution < 1.29 is 0 Å². The Bertz CT molecular complexity index is 2250. The Morgan fingerprint density at radius 2 is 1.12 bits per heavy atom. The smallest absolute Gasteiger partial charge is 0.0788 e. The Balaban J connectivity index is 1.31. The third-order valence-electron chi connectivity index (χ3n) is 8.30. The molecule has 3 heterocycles. The van der Waals surface area contributed by atoms with Crippen LogP contribution in [0, 0.1) is 0 Å². The van der Waals surface area contributed by atoms with Gasteiger partial charge in [-0.2, -0.15) is 0 Å². The molecular formula is C38H25N3S. The van der Waals surface area contributed by atoms with Crippen LogP contribution in [0.15, 0.2) is 162 Å². The maximum atomic E-state index is 2.42. The molecule has 0 aliphatic carbocycles. The van der Waals surface area contributed by atoms with E-state index in [0.717, 1.165) is 17.1 Å². The van der Waals surface area contributed by atoms with Crippen molar-refractivity contribution in [1.82, 2.24) is 9.13 Å². The minimum atomic E-state index is 1.13. The molecule has 6 aromatic carbocycles. The van der Waals surface area contributed by atoms with Gasteiger partial charge in [0.25, 0.3) is 0 Å². The maximum Gasteiger partial charge on any atom is 0.0788 e. The zero-order valence-electron chi connectivity index (χ0n) is 22.7. The summed E-state index contributed by atoms with van der Waals surface area (Å²) in [4.78, 5) is 4.93. The fourth-order valence-electron chi connectivity index (χ4n) is 6.50. The zero-order chi connectivity index (χ0) is 27.6. The van der Waals surface area contributed by atoms with Crippen LogP contribution < -0.4 is 4.90 Å². The van der Waals surface area contributed by atoms with Gasteiger partial charge in [0.05, 0.1) is 27.9 Å².